The van der Waals surface area contributed by atoms with Gasteiger partial charge in [0.25, 0.3) is 5.91 Å². The standard InChI is InChI=1S/C27H22BrN5O3S/c1-19-30-32-27(33(19)23-10-6-3-7-11-23)37-18-25(34)31-29-17-21-16-22(28)13-14-24(21)36-26(35)15-12-20-8-4-2-5-9-20/h2-17H,18H2,1H3,(H,31,34)/b15-12+,29-17+. The third kappa shape index (κ3) is 7.48. The summed E-state index contributed by atoms with van der Waals surface area (Å²) in [6.07, 6.45) is 4.45. The maximum Gasteiger partial charge on any atom is 0.336 e. The van der Waals surface area contributed by atoms with E-state index in [0.717, 1.165) is 21.5 Å². The van der Waals surface area contributed by atoms with Crippen molar-refractivity contribution < 1.29 is 14.3 Å². The van der Waals surface area contributed by atoms with Gasteiger partial charge in [0.2, 0.25) is 0 Å². The van der Waals surface area contributed by atoms with Crippen molar-refractivity contribution in [3.63, 3.8) is 0 Å². The third-order valence-electron chi connectivity index (χ3n) is 4.93. The number of ether oxygens (including phenoxy) is 1. The van der Waals surface area contributed by atoms with Gasteiger partial charge in [0.1, 0.15) is 11.6 Å². The maximum absolute atomic E-state index is 12.4. The number of hydrogen-bond acceptors (Lipinski definition) is 7. The fourth-order valence-electron chi connectivity index (χ4n) is 3.23. The molecular formula is C27H22BrN5O3S. The molecule has 3 aromatic carbocycles. The van der Waals surface area contributed by atoms with Crippen LogP contribution in [0.4, 0.5) is 0 Å². The lowest BCUT2D eigenvalue weighted by molar-refractivity contribution is -0.129. The third-order valence-corrected chi connectivity index (χ3v) is 6.35. The highest BCUT2D eigenvalue weighted by Crippen LogP contribution is 2.23. The Hall–Kier alpha value is -4.02. The Labute approximate surface area is 226 Å². The van der Waals surface area contributed by atoms with Crippen molar-refractivity contribution >= 4 is 51.9 Å². The van der Waals surface area contributed by atoms with Gasteiger partial charge in [-0.15, -0.1) is 10.2 Å². The van der Waals surface area contributed by atoms with Gasteiger partial charge in [-0.1, -0.05) is 76.2 Å². The molecule has 4 rings (SSSR count). The second kappa shape index (κ2) is 12.8. The predicted octanol–water partition coefficient (Wildman–Crippen LogP) is 5.20. The summed E-state index contributed by atoms with van der Waals surface area (Å²) in [5.74, 6) is 0.277. The maximum atomic E-state index is 12.4. The second-order valence-corrected chi connectivity index (χ2v) is 9.49. The number of para-hydroxylation sites is 1. The first-order chi connectivity index (χ1) is 18.0. The number of hydrogen-bond donors (Lipinski definition) is 1. The zero-order valence-corrected chi connectivity index (χ0v) is 22.1. The molecule has 0 aliphatic rings. The van der Waals surface area contributed by atoms with Gasteiger partial charge in [-0.05, 0) is 48.9 Å². The summed E-state index contributed by atoms with van der Waals surface area (Å²) in [6.45, 7) is 1.86. The second-order valence-electron chi connectivity index (χ2n) is 7.63. The van der Waals surface area contributed by atoms with Crippen molar-refractivity contribution in [3.8, 4) is 11.4 Å². The van der Waals surface area contributed by atoms with E-state index in [2.05, 4.69) is 36.7 Å². The van der Waals surface area contributed by atoms with Crippen LogP contribution in [-0.4, -0.2) is 38.6 Å². The molecule has 1 amide bonds. The number of nitrogens with one attached hydrogen (secondary N) is 1. The molecule has 0 aliphatic carbocycles. The minimum absolute atomic E-state index is 0.0902. The first-order valence-corrected chi connectivity index (χ1v) is 12.9. The van der Waals surface area contributed by atoms with Crippen LogP contribution in [0.25, 0.3) is 11.8 Å². The molecule has 37 heavy (non-hydrogen) atoms. The molecule has 10 heteroatoms. The van der Waals surface area contributed by atoms with E-state index in [-0.39, 0.29) is 11.7 Å². The average Bonchev–Trinajstić information content (AvgIpc) is 3.29. The van der Waals surface area contributed by atoms with Gasteiger partial charge in [0.05, 0.1) is 12.0 Å². The summed E-state index contributed by atoms with van der Waals surface area (Å²) >= 11 is 4.66. The van der Waals surface area contributed by atoms with Gasteiger partial charge >= 0.3 is 5.97 Å². The molecule has 0 unspecified atom stereocenters. The SMILES string of the molecule is Cc1nnc(SCC(=O)N/N=C/c2cc(Br)ccc2OC(=O)/C=C/c2ccccc2)n1-c1ccccc1. The molecule has 1 aromatic heterocycles. The zero-order valence-electron chi connectivity index (χ0n) is 19.7. The number of amides is 1. The smallest absolute Gasteiger partial charge is 0.336 e. The fourth-order valence-corrected chi connectivity index (χ4v) is 4.40. The number of aromatic nitrogens is 3. The molecule has 4 aromatic rings. The number of aryl methyl sites for hydroxylation is 1. The van der Waals surface area contributed by atoms with Crippen LogP contribution in [-0.2, 0) is 9.59 Å². The van der Waals surface area contributed by atoms with Gasteiger partial charge < -0.3 is 4.74 Å². The molecule has 0 spiro atoms. The number of carbonyl (C=O) groups is 2. The lowest BCUT2D eigenvalue weighted by Crippen LogP contribution is -2.20. The molecule has 0 fully saturated rings. The molecule has 0 atom stereocenters. The molecule has 0 saturated heterocycles. The van der Waals surface area contributed by atoms with Gasteiger partial charge in [-0.3, -0.25) is 9.36 Å². The quantitative estimate of drug-likeness (QED) is 0.0735. The highest BCUT2D eigenvalue weighted by atomic mass is 79.9. The van der Waals surface area contributed by atoms with Crippen LogP contribution in [0.15, 0.2) is 99.7 Å². The van der Waals surface area contributed by atoms with Crippen molar-refractivity contribution in [3.05, 3.63) is 106 Å². The van der Waals surface area contributed by atoms with E-state index < -0.39 is 5.97 Å². The van der Waals surface area contributed by atoms with Gasteiger partial charge in [-0.2, -0.15) is 5.10 Å². The minimum atomic E-state index is -0.529. The Kier molecular flexibility index (Phi) is 9.01. The first kappa shape index (κ1) is 26.1. The summed E-state index contributed by atoms with van der Waals surface area (Å²) in [5, 5.41) is 12.9. The van der Waals surface area contributed by atoms with E-state index in [0.29, 0.717) is 16.5 Å². The molecule has 186 valence electrons. The molecule has 0 saturated carbocycles. The van der Waals surface area contributed by atoms with Crippen LogP contribution in [0.1, 0.15) is 17.0 Å². The van der Waals surface area contributed by atoms with Crippen molar-refractivity contribution in [2.45, 2.75) is 12.1 Å². The van der Waals surface area contributed by atoms with Crippen LogP contribution < -0.4 is 10.2 Å². The minimum Gasteiger partial charge on any atom is -0.423 e. The summed E-state index contributed by atoms with van der Waals surface area (Å²) in [7, 11) is 0. The van der Waals surface area contributed by atoms with E-state index in [1.807, 2.05) is 72.2 Å². The highest BCUT2D eigenvalue weighted by molar-refractivity contribution is 9.10. The molecule has 0 bridgehead atoms. The first-order valence-electron chi connectivity index (χ1n) is 11.2. The van der Waals surface area contributed by atoms with Crippen molar-refractivity contribution in [2.24, 2.45) is 5.10 Å². The number of rotatable bonds is 9. The van der Waals surface area contributed by atoms with Crippen LogP contribution in [0.5, 0.6) is 5.75 Å². The lowest BCUT2D eigenvalue weighted by atomic mass is 10.2. The predicted molar refractivity (Wildman–Crippen MR) is 148 cm³/mol. The monoisotopic (exact) mass is 575 g/mol. The summed E-state index contributed by atoms with van der Waals surface area (Å²) in [5.41, 5.74) is 4.82. The average molecular weight is 576 g/mol. The lowest BCUT2D eigenvalue weighted by Gasteiger charge is -2.08. The number of esters is 1. The van der Waals surface area contributed by atoms with Gasteiger partial charge in [0, 0.05) is 21.8 Å². The van der Waals surface area contributed by atoms with E-state index >= 15 is 0 Å². The van der Waals surface area contributed by atoms with E-state index in [1.165, 1.54) is 24.1 Å². The van der Waals surface area contributed by atoms with Crippen LogP contribution in [0.2, 0.25) is 0 Å². The van der Waals surface area contributed by atoms with E-state index in [1.54, 1.807) is 24.3 Å². The van der Waals surface area contributed by atoms with Crippen molar-refractivity contribution in [2.75, 3.05) is 5.75 Å². The fraction of sp³-hybridized carbons (Fsp3) is 0.0741. The number of benzene rings is 3. The largest absolute Gasteiger partial charge is 0.423 e. The Bertz CT molecular complexity index is 1440. The molecular weight excluding hydrogens is 554 g/mol. The number of nitrogens with zero attached hydrogens (tertiary/aromatic N) is 4. The number of carbonyl (C=O) groups excluding carboxylic acids is 2. The van der Waals surface area contributed by atoms with Crippen molar-refractivity contribution in [1.82, 2.24) is 20.2 Å². The van der Waals surface area contributed by atoms with Crippen LogP contribution in [0.3, 0.4) is 0 Å². The molecule has 1 N–H and O–H groups in total. The Morgan fingerprint density at radius 3 is 2.54 bits per heavy atom. The summed E-state index contributed by atoms with van der Waals surface area (Å²) in [4.78, 5) is 24.7. The Morgan fingerprint density at radius 2 is 1.78 bits per heavy atom. The van der Waals surface area contributed by atoms with E-state index in [9.17, 15) is 9.59 Å². The number of hydrazone groups is 1. The van der Waals surface area contributed by atoms with Crippen molar-refractivity contribution in [1.29, 1.82) is 0 Å². The van der Waals surface area contributed by atoms with Gasteiger partial charge in [0.15, 0.2) is 5.16 Å². The molecule has 0 aliphatic heterocycles. The normalized spacial score (nSPS) is 11.2. The van der Waals surface area contributed by atoms with E-state index in [4.69, 9.17) is 4.74 Å². The summed E-state index contributed by atoms with van der Waals surface area (Å²) in [6, 6.07) is 24.3. The molecule has 1 heterocycles. The van der Waals surface area contributed by atoms with Gasteiger partial charge in [-0.25, -0.2) is 10.2 Å². The molecule has 0 radical (unpaired) electrons. The van der Waals surface area contributed by atoms with Crippen LogP contribution >= 0.6 is 27.7 Å². The number of thioether (sulfide) groups is 1. The molecule has 8 nitrogen and oxygen atoms in total. The topological polar surface area (TPSA) is 98.5 Å². The Morgan fingerprint density at radius 1 is 1.05 bits per heavy atom. The number of halogens is 1. The summed E-state index contributed by atoms with van der Waals surface area (Å²) < 4.78 is 8.12. The Balaban J connectivity index is 1.35. The van der Waals surface area contributed by atoms with Crippen LogP contribution in [0, 0.1) is 6.92 Å². The zero-order chi connectivity index (χ0) is 26.0. The highest BCUT2D eigenvalue weighted by Gasteiger charge is 2.13.